The van der Waals surface area contributed by atoms with E-state index in [9.17, 15) is 14.0 Å². The highest BCUT2D eigenvalue weighted by atomic mass is 19.1. The third-order valence-corrected chi connectivity index (χ3v) is 5.70. The van der Waals surface area contributed by atoms with E-state index in [1.165, 1.54) is 32.4 Å². The van der Waals surface area contributed by atoms with Crippen molar-refractivity contribution in [2.45, 2.75) is 51.0 Å². The molecule has 3 rings (SSSR count). The fraction of sp³-hybridized carbons (Fsp3) is 0.619. The van der Waals surface area contributed by atoms with Crippen molar-refractivity contribution in [2.75, 3.05) is 33.3 Å². The molecule has 0 spiro atoms. The third-order valence-electron chi connectivity index (χ3n) is 5.70. The number of carbonyl (C=O) groups is 2. The molecule has 0 bridgehead atoms. The van der Waals surface area contributed by atoms with E-state index in [4.69, 9.17) is 4.74 Å². The summed E-state index contributed by atoms with van der Waals surface area (Å²) in [5, 5.41) is 3.13. The Kier molecular flexibility index (Phi) is 7.12. The summed E-state index contributed by atoms with van der Waals surface area (Å²) in [7, 11) is 1.43. The van der Waals surface area contributed by atoms with E-state index < -0.39 is 5.82 Å². The summed E-state index contributed by atoms with van der Waals surface area (Å²) in [4.78, 5) is 28.5. The summed E-state index contributed by atoms with van der Waals surface area (Å²) < 4.78 is 18.7. The lowest BCUT2D eigenvalue weighted by atomic mass is 9.96. The molecule has 1 saturated carbocycles. The number of ether oxygens (including phenoxy) is 1. The first kappa shape index (κ1) is 20.4. The maximum absolute atomic E-state index is 13.8. The van der Waals surface area contributed by atoms with Gasteiger partial charge in [-0.15, -0.1) is 0 Å². The summed E-state index contributed by atoms with van der Waals surface area (Å²) in [5.74, 6) is -0.161. The molecule has 1 aromatic carbocycles. The van der Waals surface area contributed by atoms with Crippen molar-refractivity contribution < 1.29 is 18.7 Å². The lowest BCUT2D eigenvalue weighted by Crippen LogP contribution is -2.54. The molecule has 1 saturated heterocycles. The number of nitrogens with zero attached hydrogens (tertiary/aromatic N) is 2. The molecule has 3 amide bonds. The second kappa shape index (κ2) is 9.75. The molecule has 0 aromatic heterocycles. The van der Waals surface area contributed by atoms with Gasteiger partial charge in [0.1, 0.15) is 0 Å². The van der Waals surface area contributed by atoms with Gasteiger partial charge >= 0.3 is 6.03 Å². The largest absolute Gasteiger partial charge is 0.494 e. The Morgan fingerprint density at radius 2 is 1.79 bits per heavy atom. The van der Waals surface area contributed by atoms with Crippen LogP contribution < -0.4 is 10.1 Å². The number of piperazine rings is 1. The summed E-state index contributed by atoms with van der Waals surface area (Å²) in [6, 6.07) is 5.07. The number of hydrogen-bond donors (Lipinski definition) is 1. The highest BCUT2D eigenvalue weighted by Crippen LogP contribution is 2.19. The van der Waals surface area contributed by atoms with Crippen LogP contribution in [0.5, 0.6) is 5.75 Å². The average Bonchev–Trinajstić information content (AvgIpc) is 2.73. The van der Waals surface area contributed by atoms with E-state index in [1.807, 2.05) is 0 Å². The van der Waals surface area contributed by atoms with Crippen LogP contribution in [0.1, 0.15) is 44.1 Å². The van der Waals surface area contributed by atoms with Crippen LogP contribution in [0.3, 0.4) is 0 Å². The van der Waals surface area contributed by atoms with Gasteiger partial charge in [-0.1, -0.05) is 25.3 Å². The minimum Gasteiger partial charge on any atom is -0.494 e. The third kappa shape index (κ3) is 5.36. The van der Waals surface area contributed by atoms with E-state index in [2.05, 4.69) is 5.32 Å². The van der Waals surface area contributed by atoms with Crippen LogP contribution in [0.25, 0.3) is 0 Å². The molecule has 7 heteroatoms. The number of carbonyl (C=O) groups excluding carboxylic acids is 2. The van der Waals surface area contributed by atoms with E-state index in [-0.39, 0.29) is 17.7 Å². The first-order valence-electron chi connectivity index (χ1n) is 10.2. The van der Waals surface area contributed by atoms with Gasteiger partial charge in [0.25, 0.3) is 0 Å². The van der Waals surface area contributed by atoms with Gasteiger partial charge in [0, 0.05) is 38.6 Å². The quantitative estimate of drug-likeness (QED) is 0.839. The van der Waals surface area contributed by atoms with Crippen molar-refractivity contribution in [3.63, 3.8) is 0 Å². The van der Waals surface area contributed by atoms with Crippen molar-refractivity contribution in [1.82, 2.24) is 15.1 Å². The fourth-order valence-electron chi connectivity index (χ4n) is 3.95. The van der Waals surface area contributed by atoms with Gasteiger partial charge in [0.2, 0.25) is 5.91 Å². The number of aryl methyl sites for hydroxylation is 1. The summed E-state index contributed by atoms with van der Waals surface area (Å²) in [6.45, 7) is 2.21. The summed E-state index contributed by atoms with van der Waals surface area (Å²) in [6.07, 6.45) is 6.58. The standard InChI is InChI=1S/C21H30FN3O3/c1-28-19-9-7-16(15-18(19)22)8-10-20(26)24-11-13-25(14-12-24)21(27)23-17-5-3-2-4-6-17/h7,9,15,17H,2-6,8,10-14H2,1H3,(H,23,27). The van der Waals surface area contributed by atoms with Crippen LogP contribution in [0.4, 0.5) is 9.18 Å². The van der Waals surface area contributed by atoms with Gasteiger partial charge < -0.3 is 19.9 Å². The smallest absolute Gasteiger partial charge is 0.317 e. The molecule has 28 heavy (non-hydrogen) atoms. The average molecular weight is 391 g/mol. The first-order chi connectivity index (χ1) is 13.6. The van der Waals surface area contributed by atoms with Crippen LogP contribution in [-0.2, 0) is 11.2 Å². The van der Waals surface area contributed by atoms with Crippen molar-refractivity contribution in [2.24, 2.45) is 0 Å². The molecule has 1 heterocycles. The van der Waals surface area contributed by atoms with E-state index in [1.54, 1.807) is 21.9 Å². The number of benzene rings is 1. The lowest BCUT2D eigenvalue weighted by Gasteiger charge is -2.36. The Morgan fingerprint density at radius 3 is 2.43 bits per heavy atom. The Hall–Kier alpha value is -2.31. The molecule has 0 atom stereocenters. The minimum atomic E-state index is -0.412. The van der Waals surface area contributed by atoms with E-state index in [0.29, 0.717) is 45.1 Å². The Bertz CT molecular complexity index is 683. The molecule has 1 N–H and O–H groups in total. The van der Waals surface area contributed by atoms with Gasteiger partial charge in [-0.3, -0.25) is 4.79 Å². The summed E-state index contributed by atoms with van der Waals surface area (Å²) in [5.41, 5.74) is 0.775. The van der Waals surface area contributed by atoms with Crippen molar-refractivity contribution in [3.05, 3.63) is 29.6 Å². The molecular weight excluding hydrogens is 361 g/mol. The SMILES string of the molecule is COc1ccc(CCC(=O)N2CCN(C(=O)NC3CCCCC3)CC2)cc1F. The zero-order valence-electron chi connectivity index (χ0n) is 16.6. The number of amides is 3. The molecule has 0 unspecified atom stereocenters. The molecule has 2 fully saturated rings. The topological polar surface area (TPSA) is 61.9 Å². The normalized spacial score (nSPS) is 18.1. The predicted molar refractivity (Wildman–Crippen MR) is 105 cm³/mol. The number of halogens is 1. The molecule has 0 radical (unpaired) electrons. The monoisotopic (exact) mass is 391 g/mol. The van der Waals surface area contributed by atoms with Gasteiger partial charge in [-0.2, -0.15) is 0 Å². The first-order valence-corrected chi connectivity index (χ1v) is 10.2. The molecular formula is C21H30FN3O3. The minimum absolute atomic E-state index is 0.00675. The molecule has 154 valence electrons. The van der Waals surface area contributed by atoms with Crippen LogP contribution in [0.15, 0.2) is 18.2 Å². The number of methoxy groups -OCH3 is 1. The van der Waals surface area contributed by atoms with Gasteiger partial charge in [0.05, 0.1) is 7.11 Å². The molecule has 6 nitrogen and oxygen atoms in total. The highest BCUT2D eigenvalue weighted by molar-refractivity contribution is 5.78. The van der Waals surface area contributed by atoms with Crippen molar-refractivity contribution >= 4 is 11.9 Å². The number of nitrogens with one attached hydrogen (secondary N) is 1. The maximum Gasteiger partial charge on any atom is 0.317 e. The van der Waals surface area contributed by atoms with E-state index in [0.717, 1.165) is 18.4 Å². The van der Waals surface area contributed by atoms with Gasteiger partial charge in [-0.25, -0.2) is 9.18 Å². The molecule has 1 aliphatic heterocycles. The maximum atomic E-state index is 13.8. The zero-order chi connectivity index (χ0) is 19.9. The van der Waals surface area contributed by atoms with Gasteiger partial charge in [-0.05, 0) is 37.0 Å². The highest BCUT2D eigenvalue weighted by Gasteiger charge is 2.25. The number of rotatable bonds is 5. The Labute approximate surface area is 166 Å². The second-order valence-electron chi connectivity index (χ2n) is 7.62. The fourth-order valence-corrected chi connectivity index (χ4v) is 3.95. The Morgan fingerprint density at radius 1 is 1.11 bits per heavy atom. The van der Waals surface area contributed by atoms with E-state index >= 15 is 0 Å². The van der Waals surface area contributed by atoms with Crippen LogP contribution in [-0.4, -0.2) is 61.1 Å². The van der Waals surface area contributed by atoms with Crippen LogP contribution in [0.2, 0.25) is 0 Å². The van der Waals surface area contributed by atoms with Crippen LogP contribution >= 0.6 is 0 Å². The molecule has 1 aromatic rings. The summed E-state index contributed by atoms with van der Waals surface area (Å²) >= 11 is 0. The Balaban J connectivity index is 1.40. The number of hydrogen-bond acceptors (Lipinski definition) is 3. The number of urea groups is 1. The second-order valence-corrected chi connectivity index (χ2v) is 7.62. The van der Waals surface area contributed by atoms with Gasteiger partial charge in [0.15, 0.2) is 11.6 Å². The predicted octanol–water partition coefficient (Wildman–Crippen LogP) is 2.95. The van der Waals surface area contributed by atoms with Crippen molar-refractivity contribution in [3.8, 4) is 5.75 Å². The zero-order valence-corrected chi connectivity index (χ0v) is 16.6. The lowest BCUT2D eigenvalue weighted by molar-refractivity contribution is -0.132. The molecule has 1 aliphatic carbocycles. The van der Waals surface area contributed by atoms with Crippen LogP contribution in [0, 0.1) is 5.82 Å². The molecule has 2 aliphatic rings. The van der Waals surface area contributed by atoms with Crippen molar-refractivity contribution in [1.29, 1.82) is 0 Å².